The van der Waals surface area contributed by atoms with Gasteiger partial charge in [0.2, 0.25) is 0 Å². The van der Waals surface area contributed by atoms with Gasteiger partial charge >= 0.3 is 5.97 Å². The van der Waals surface area contributed by atoms with Crippen LogP contribution in [-0.2, 0) is 4.74 Å². The molecule has 0 bridgehead atoms. The van der Waals surface area contributed by atoms with Crippen molar-refractivity contribution in [2.24, 2.45) is 0 Å². The molecule has 0 amide bonds. The smallest absolute Gasteiger partial charge is 0.338 e. The molecule has 1 unspecified atom stereocenters. The Morgan fingerprint density at radius 1 is 1.07 bits per heavy atom. The van der Waals surface area contributed by atoms with Crippen LogP contribution in [0.3, 0.4) is 0 Å². The van der Waals surface area contributed by atoms with Crippen molar-refractivity contribution in [1.82, 2.24) is 9.55 Å². The highest BCUT2D eigenvalue weighted by molar-refractivity contribution is 5.90. The van der Waals surface area contributed by atoms with Crippen molar-refractivity contribution in [3.8, 4) is 5.69 Å². The lowest BCUT2D eigenvalue weighted by Crippen LogP contribution is -2.14. The predicted octanol–water partition coefficient (Wildman–Crippen LogP) is 4.44. The van der Waals surface area contributed by atoms with Gasteiger partial charge in [0, 0.05) is 18.1 Å². The van der Waals surface area contributed by atoms with E-state index >= 15 is 0 Å². The van der Waals surface area contributed by atoms with E-state index in [2.05, 4.69) is 4.98 Å². The number of carbonyl (C=O) groups excluding carboxylic acids is 1. The zero-order valence-corrected chi connectivity index (χ0v) is 16.9. The molecule has 2 aromatic carbocycles. The molecule has 0 saturated heterocycles. The number of esters is 1. The van der Waals surface area contributed by atoms with Crippen LogP contribution in [0.4, 0.5) is 0 Å². The summed E-state index contributed by atoms with van der Waals surface area (Å²) in [5.41, 5.74) is 5.79. The molecule has 0 saturated carbocycles. The van der Waals surface area contributed by atoms with Crippen molar-refractivity contribution in [3.63, 3.8) is 0 Å². The Labute approximate surface area is 165 Å². The molecule has 1 aromatic heterocycles. The summed E-state index contributed by atoms with van der Waals surface area (Å²) in [7, 11) is 0. The van der Waals surface area contributed by atoms with E-state index in [9.17, 15) is 9.90 Å². The number of hydrogen-bond donors (Lipinski definition) is 1. The number of aliphatic hydroxyl groups is 1. The van der Waals surface area contributed by atoms with Crippen molar-refractivity contribution in [2.45, 2.75) is 46.8 Å². The van der Waals surface area contributed by atoms with Gasteiger partial charge in [-0.3, -0.25) is 0 Å². The molecule has 28 heavy (non-hydrogen) atoms. The van der Waals surface area contributed by atoms with Crippen molar-refractivity contribution in [3.05, 3.63) is 82.4 Å². The standard InChI is InChI=1S/C23H26N2O3/c1-14(2)28-23(27)18-10-16(4)21(17(5)11-18)22(26)20-12-19(7-6-15(20)3)25-9-8-24-13-25/h6-14,22,26H,1-5H3. The second-order valence-electron chi connectivity index (χ2n) is 7.39. The predicted molar refractivity (Wildman–Crippen MR) is 109 cm³/mol. The molecular formula is C23H26N2O3. The van der Waals surface area contributed by atoms with Crippen molar-refractivity contribution in [1.29, 1.82) is 0 Å². The van der Waals surface area contributed by atoms with Gasteiger partial charge in [0.15, 0.2) is 0 Å². The highest BCUT2D eigenvalue weighted by atomic mass is 16.5. The fourth-order valence-corrected chi connectivity index (χ4v) is 3.46. The minimum absolute atomic E-state index is 0.174. The average Bonchev–Trinajstić information content (AvgIpc) is 3.15. The minimum Gasteiger partial charge on any atom is -0.459 e. The molecule has 0 radical (unpaired) electrons. The summed E-state index contributed by atoms with van der Waals surface area (Å²) in [6, 6.07) is 9.53. The van der Waals surface area contributed by atoms with E-state index in [1.54, 1.807) is 24.7 Å². The molecule has 1 heterocycles. The van der Waals surface area contributed by atoms with Gasteiger partial charge in [0.05, 0.1) is 18.0 Å². The van der Waals surface area contributed by atoms with Crippen LogP contribution in [-0.4, -0.2) is 26.7 Å². The Morgan fingerprint density at radius 3 is 2.32 bits per heavy atom. The van der Waals surface area contributed by atoms with Gasteiger partial charge in [0.1, 0.15) is 6.10 Å². The van der Waals surface area contributed by atoms with Gasteiger partial charge in [0.25, 0.3) is 0 Å². The first-order chi connectivity index (χ1) is 13.3. The van der Waals surface area contributed by atoms with Crippen LogP contribution >= 0.6 is 0 Å². The van der Waals surface area contributed by atoms with Crippen molar-refractivity contribution >= 4 is 5.97 Å². The van der Waals surface area contributed by atoms with Crippen LogP contribution in [0.25, 0.3) is 5.69 Å². The van der Waals surface area contributed by atoms with Gasteiger partial charge in [-0.1, -0.05) is 6.07 Å². The number of aromatic nitrogens is 2. The Hall–Kier alpha value is -2.92. The summed E-state index contributed by atoms with van der Waals surface area (Å²) in [6.45, 7) is 9.45. The van der Waals surface area contributed by atoms with E-state index in [-0.39, 0.29) is 12.1 Å². The van der Waals surface area contributed by atoms with E-state index in [0.29, 0.717) is 5.56 Å². The van der Waals surface area contributed by atoms with Crippen LogP contribution in [0.5, 0.6) is 0 Å². The lowest BCUT2D eigenvalue weighted by Gasteiger charge is -2.21. The summed E-state index contributed by atoms with van der Waals surface area (Å²) in [6.07, 6.45) is 4.35. The maximum atomic E-state index is 12.2. The quantitative estimate of drug-likeness (QED) is 0.667. The molecule has 0 aliphatic carbocycles. The van der Waals surface area contributed by atoms with E-state index in [4.69, 9.17) is 4.74 Å². The van der Waals surface area contributed by atoms with Crippen LogP contribution in [0, 0.1) is 20.8 Å². The number of rotatable bonds is 5. The van der Waals surface area contributed by atoms with E-state index < -0.39 is 6.10 Å². The third-order valence-electron chi connectivity index (χ3n) is 4.81. The molecule has 0 aliphatic rings. The molecule has 0 fully saturated rings. The normalized spacial score (nSPS) is 12.2. The lowest BCUT2D eigenvalue weighted by atomic mass is 9.89. The lowest BCUT2D eigenvalue weighted by molar-refractivity contribution is 0.0377. The zero-order chi connectivity index (χ0) is 20.4. The highest BCUT2D eigenvalue weighted by Crippen LogP contribution is 2.32. The molecule has 0 spiro atoms. The maximum Gasteiger partial charge on any atom is 0.338 e. The topological polar surface area (TPSA) is 64.3 Å². The molecule has 1 atom stereocenters. The van der Waals surface area contributed by atoms with Gasteiger partial charge in [-0.15, -0.1) is 0 Å². The number of nitrogens with zero attached hydrogens (tertiary/aromatic N) is 2. The number of aliphatic hydroxyl groups excluding tert-OH is 1. The van der Waals surface area contributed by atoms with Gasteiger partial charge in [-0.05, 0) is 86.7 Å². The summed E-state index contributed by atoms with van der Waals surface area (Å²) < 4.78 is 7.20. The first kappa shape index (κ1) is 19.8. The Kier molecular flexibility index (Phi) is 5.66. The first-order valence-corrected chi connectivity index (χ1v) is 9.37. The SMILES string of the molecule is Cc1ccc(-n2ccnc2)cc1C(O)c1c(C)cc(C(=O)OC(C)C)cc1C. The number of aryl methyl sites for hydroxylation is 3. The van der Waals surface area contributed by atoms with Crippen LogP contribution in [0.1, 0.15) is 58.1 Å². The highest BCUT2D eigenvalue weighted by Gasteiger charge is 2.21. The number of carbonyl (C=O) groups is 1. The molecule has 146 valence electrons. The van der Waals surface area contributed by atoms with Gasteiger partial charge < -0.3 is 14.4 Å². The summed E-state index contributed by atoms with van der Waals surface area (Å²) in [4.78, 5) is 16.3. The Bertz CT molecular complexity index is 968. The molecule has 3 aromatic rings. The van der Waals surface area contributed by atoms with Crippen molar-refractivity contribution < 1.29 is 14.6 Å². The van der Waals surface area contributed by atoms with E-state index in [1.807, 2.05) is 63.6 Å². The third-order valence-corrected chi connectivity index (χ3v) is 4.81. The second kappa shape index (κ2) is 7.98. The first-order valence-electron chi connectivity index (χ1n) is 9.37. The molecule has 0 aliphatic heterocycles. The molecular weight excluding hydrogens is 352 g/mol. The fraction of sp³-hybridized carbons (Fsp3) is 0.304. The Balaban J connectivity index is 2.00. The van der Waals surface area contributed by atoms with Crippen molar-refractivity contribution in [2.75, 3.05) is 0 Å². The van der Waals surface area contributed by atoms with Crippen LogP contribution < -0.4 is 0 Å². The van der Waals surface area contributed by atoms with Crippen LogP contribution in [0.15, 0.2) is 49.1 Å². The largest absolute Gasteiger partial charge is 0.459 e. The molecule has 5 nitrogen and oxygen atoms in total. The molecule has 5 heteroatoms. The Morgan fingerprint density at radius 2 is 1.75 bits per heavy atom. The number of imidazole rings is 1. The van der Waals surface area contributed by atoms with Gasteiger partial charge in [-0.25, -0.2) is 9.78 Å². The second-order valence-corrected chi connectivity index (χ2v) is 7.39. The molecule has 1 N–H and O–H groups in total. The number of hydrogen-bond acceptors (Lipinski definition) is 4. The summed E-state index contributed by atoms with van der Waals surface area (Å²) in [5, 5.41) is 11.2. The van der Waals surface area contributed by atoms with Gasteiger partial charge in [-0.2, -0.15) is 0 Å². The fourth-order valence-electron chi connectivity index (χ4n) is 3.46. The average molecular weight is 378 g/mol. The van der Waals surface area contributed by atoms with E-state index in [0.717, 1.165) is 33.5 Å². The summed E-state index contributed by atoms with van der Waals surface area (Å²) in [5.74, 6) is -0.347. The van der Waals surface area contributed by atoms with E-state index in [1.165, 1.54) is 0 Å². The van der Waals surface area contributed by atoms with Crippen LogP contribution in [0.2, 0.25) is 0 Å². The zero-order valence-electron chi connectivity index (χ0n) is 16.9. The third kappa shape index (κ3) is 3.99. The summed E-state index contributed by atoms with van der Waals surface area (Å²) >= 11 is 0. The minimum atomic E-state index is -0.793. The maximum absolute atomic E-state index is 12.2. The number of ether oxygens (including phenoxy) is 1. The molecule has 3 rings (SSSR count). The monoisotopic (exact) mass is 378 g/mol. The number of benzene rings is 2.